The maximum atomic E-state index is 11.4. The Morgan fingerprint density at radius 2 is 2.24 bits per heavy atom. The number of H-pyrrole nitrogens is 1. The number of aromatic amines is 1. The Labute approximate surface area is 123 Å². The smallest absolute Gasteiger partial charge is 0.248 e. The van der Waals surface area contributed by atoms with Gasteiger partial charge >= 0.3 is 0 Å². The number of carbonyl (C=O) groups excluding carboxylic acids is 1. The Balaban J connectivity index is 1.78. The van der Waals surface area contributed by atoms with E-state index in [0.717, 1.165) is 23.9 Å². The average Bonchev–Trinajstić information content (AvgIpc) is 3.12. The predicted octanol–water partition coefficient (Wildman–Crippen LogP) is 2.73. The zero-order chi connectivity index (χ0) is 14.4. The van der Waals surface area contributed by atoms with Gasteiger partial charge in [-0.15, -0.1) is 0 Å². The molecule has 0 spiro atoms. The second kappa shape index (κ2) is 4.65. The lowest BCUT2D eigenvalue weighted by Gasteiger charge is -2.28. The van der Waals surface area contributed by atoms with Gasteiger partial charge in [0.2, 0.25) is 5.91 Å². The van der Waals surface area contributed by atoms with Crippen molar-refractivity contribution in [2.75, 3.05) is 13.1 Å². The van der Waals surface area contributed by atoms with Crippen LogP contribution < -0.4 is 5.73 Å². The molecule has 2 aliphatic rings. The summed E-state index contributed by atoms with van der Waals surface area (Å²) in [6, 6.07) is 5.64. The number of hydrogen-bond acceptors (Lipinski definition) is 2. The van der Waals surface area contributed by atoms with Crippen molar-refractivity contribution >= 4 is 16.8 Å². The van der Waals surface area contributed by atoms with Crippen molar-refractivity contribution in [2.45, 2.75) is 25.2 Å². The van der Waals surface area contributed by atoms with E-state index in [2.05, 4.69) is 22.2 Å². The van der Waals surface area contributed by atoms with Gasteiger partial charge in [-0.25, -0.2) is 0 Å². The third kappa shape index (κ3) is 2.02. The van der Waals surface area contributed by atoms with E-state index < -0.39 is 0 Å². The summed E-state index contributed by atoms with van der Waals surface area (Å²) >= 11 is 0. The van der Waals surface area contributed by atoms with Gasteiger partial charge in [-0.05, 0) is 43.0 Å². The van der Waals surface area contributed by atoms with E-state index in [1.807, 2.05) is 12.1 Å². The van der Waals surface area contributed by atoms with Gasteiger partial charge in [0.15, 0.2) is 0 Å². The Morgan fingerprint density at radius 1 is 1.33 bits per heavy atom. The molecule has 4 rings (SSSR count). The van der Waals surface area contributed by atoms with Crippen LogP contribution in [0, 0.1) is 0 Å². The zero-order valence-corrected chi connectivity index (χ0v) is 11.9. The summed E-state index contributed by atoms with van der Waals surface area (Å²) in [6.45, 7) is 2.34. The van der Waals surface area contributed by atoms with Crippen LogP contribution in [-0.2, 0) is 0 Å². The first-order chi connectivity index (χ1) is 10.2. The quantitative estimate of drug-likeness (QED) is 0.889. The molecule has 4 nitrogen and oxygen atoms in total. The molecule has 0 bridgehead atoms. The predicted molar refractivity (Wildman–Crippen MR) is 83.1 cm³/mol. The summed E-state index contributed by atoms with van der Waals surface area (Å²) in [4.78, 5) is 17.2. The molecule has 0 aliphatic carbocycles. The molecule has 1 atom stereocenters. The number of hydrogen-bond donors (Lipinski definition) is 2. The van der Waals surface area contributed by atoms with Crippen molar-refractivity contribution < 1.29 is 4.79 Å². The number of aromatic nitrogens is 1. The van der Waals surface area contributed by atoms with Gasteiger partial charge in [0, 0.05) is 47.4 Å². The molecule has 0 saturated carbocycles. The van der Waals surface area contributed by atoms with Gasteiger partial charge in [-0.2, -0.15) is 0 Å². The fourth-order valence-electron chi connectivity index (χ4n) is 3.65. The molecule has 3 heterocycles. The molecule has 1 unspecified atom stereocenters. The van der Waals surface area contributed by atoms with Crippen molar-refractivity contribution in [3.05, 3.63) is 47.3 Å². The Kier molecular flexibility index (Phi) is 2.77. The van der Waals surface area contributed by atoms with Gasteiger partial charge in [-0.3, -0.25) is 4.79 Å². The van der Waals surface area contributed by atoms with Crippen molar-refractivity contribution in [1.29, 1.82) is 0 Å². The number of carbonyl (C=O) groups is 1. The van der Waals surface area contributed by atoms with Crippen LogP contribution in [0.4, 0.5) is 0 Å². The van der Waals surface area contributed by atoms with Crippen LogP contribution in [0.15, 0.2) is 36.2 Å². The van der Waals surface area contributed by atoms with Gasteiger partial charge in [0.05, 0.1) is 0 Å². The number of fused-ring (bicyclic) bond motifs is 2. The Morgan fingerprint density at radius 3 is 3.10 bits per heavy atom. The highest BCUT2D eigenvalue weighted by molar-refractivity contribution is 5.98. The first-order valence-electron chi connectivity index (χ1n) is 7.59. The average molecular weight is 281 g/mol. The normalized spacial score (nSPS) is 21.4. The molecule has 2 aromatic rings. The zero-order valence-electron chi connectivity index (χ0n) is 11.9. The monoisotopic (exact) mass is 281 g/mol. The third-order valence-corrected chi connectivity index (χ3v) is 4.77. The van der Waals surface area contributed by atoms with Crippen molar-refractivity contribution in [3.63, 3.8) is 0 Å². The molecule has 1 aromatic carbocycles. The van der Waals surface area contributed by atoms with Crippen molar-refractivity contribution in [2.24, 2.45) is 5.73 Å². The van der Waals surface area contributed by atoms with Crippen LogP contribution in [0.2, 0.25) is 0 Å². The summed E-state index contributed by atoms with van der Waals surface area (Å²) in [6.07, 6.45) is 8.11. The first-order valence-corrected chi connectivity index (χ1v) is 7.59. The number of benzene rings is 1. The van der Waals surface area contributed by atoms with Crippen LogP contribution in [-0.4, -0.2) is 28.9 Å². The van der Waals surface area contributed by atoms with E-state index in [9.17, 15) is 4.79 Å². The van der Waals surface area contributed by atoms with Gasteiger partial charge in [0.1, 0.15) is 0 Å². The molecule has 4 heteroatoms. The molecular weight excluding hydrogens is 262 g/mol. The molecule has 2 aliphatic heterocycles. The standard InChI is InChI=1S/C17H19N3O/c18-17(21)12-3-4-16-14(9-12)15(10-19-16)11-5-7-20-6-1-2-13(20)8-11/h3-4,8-11,19H,1-2,5-7H2,(H2,18,21). The maximum Gasteiger partial charge on any atom is 0.248 e. The Bertz CT molecular complexity index is 744. The van der Waals surface area contributed by atoms with E-state index in [1.54, 1.807) is 6.07 Å². The van der Waals surface area contributed by atoms with Crippen LogP contribution in [0.3, 0.4) is 0 Å². The van der Waals surface area contributed by atoms with Crippen molar-refractivity contribution in [1.82, 2.24) is 9.88 Å². The summed E-state index contributed by atoms with van der Waals surface area (Å²) in [7, 11) is 0. The van der Waals surface area contributed by atoms with Gasteiger partial charge < -0.3 is 15.6 Å². The van der Waals surface area contributed by atoms with E-state index in [4.69, 9.17) is 5.73 Å². The summed E-state index contributed by atoms with van der Waals surface area (Å²) in [5.41, 5.74) is 9.83. The summed E-state index contributed by atoms with van der Waals surface area (Å²) < 4.78 is 0. The SMILES string of the molecule is NC(=O)c1ccc2[nH]cc(C3C=C4CCCN4CC3)c2c1. The molecule has 1 fully saturated rings. The minimum absolute atomic E-state index is 0.368. The van der Waals surface area contributed by atoms with Crippen LogP contribution in [0.25, 0.3) is 10.9 Å². The minimum atomic E-state index is -0.368. The second-order valence-electron chi connectivity index (χ2n) is 6.01. The first kappa shape index (κ1) is 12.5. The number of nitrogens with zero attached hydrogens (tertiary/aromatic N) is 1. The number of amides is 1. The highest BCUT2D eigenvalue weighted by Crippen LogP contribution is 2.36. The van der Waals surface area contributed by atoms with Crippen LogP contribution in [0.5, 0.6) is 0 Å². The second-order valence-corrected chi connectivity index (χ2v) is 6.01. The van der Waals surface area contributed by atoms with Crippen molar-refractivity contribution in [3.8, 4) is 0 Å². The third-order valence-electron chi connectivity index (χ3n) is 4.77. The fourth-order valence-corrected chi connectivity index (χ4v) is 3.65. The molecule has 3 N–H and O–H groups in total. The van der Waals surface area contributed by atoms with E-state index in [0.29, 0.717) is 11.5 Å². The molecule has 1 aromatic heterocycles. The number of nitrogens with one attached hydrogen (secondary N) is 1. The fraction of sp³-hybridized carbons (Fsp3) is 0.353. The number of primary amides is 1. The lowest BCUT2D eigenvalue weighted by atomic mass is 9.91. The highest BCUT2D eigenvalue weighted by atomic mass is 16.1. The van der Waals surface area contributed by atoms with E-state index in [-0.39, 0.29) is 5.91 Å². The molecular formula is C17H19N3O. The highest BCUT2D eigenvalue weighted by Gasteiger charge is 2.25. The van der Waals surface area contributed by atoms with Crippen LogP contribution >= 0.6 is 0 Å². The van der Waals surface area contributed by atoms with Crippen LogP contribution in [0.1, 0.15) is 41.1 Å². The van der Waals surface area contributed by atoms with E-state index in [1.165, 1.54) is 30.6 Å². The number of allylic oxidation sites excluding steroid dienone is 2. The summed E-state index contributed by atoms with van der Waals surface area (Å²) in [5, 5.41) is 1.12. The van der Waals surface area contributed by atoms with E-state index >= 15 is 0 Å². The summed E-state index contributed by atoms with van der Waals surface area (Å²) in [5.74, 6) is 0.0687. The molecule has 21 heavy (non-hydrogen) atoms. The number of nitrogens with two attached hydrogens (primary N) is 1. The largest absolute Gasteiger partial charge is 0.375 e. The maximum absolute atomic E-state index is 11.4. The lowest BCUT2D eigenvalue weighted by Crippen LogP contribution is -2.25. The molecule has 108 valence electrons. The minimum Gasteiger partial charge on any atom is -0.375 e. The topological polar surface area (TPSA) is 62.1 Å². The molecule has 1 amide bonds. The lowest BCUT2D eigenvalue weighted by molar-refractivity contribution is 0.100. The number of rotatable bonds is 2. The molecule has 0 radical (unpaired) electrons. The van der Waals surface area contributed by atoms with Gasteiger partial charge in [0.25, 0.3) is 0 Å². The Hall–Kier alpha value is -2.23. The molecule has 1 saturated heterocycles. The van der Waals surface area contributed by atoms with Gasteiger partial charge in [-0.1, -0.05) is 6.08 Å².